The number of amides is 3. The molecule has 262 valence electrons. The highest BCUT2D eigenvalue weighted by molar-refractivity contribution is 7.98. The van der Waals surface area contributed by atoms with Crippen LogP contribution in [0.4, 0.5) is 4.79 Å². The average Bonchev–Trinajstić information content (AvgIpc) is 3.79. The van der Waals surface area contributed by atoms with Crippen LogP contribution in [0.2, 0.25) is 0 Å². The number of hydrogen-bond donors (Lipinski definition) is 5. The molecule has 0 aliphatic heterocycles. The molecule has 3 amide bonds. The standard InChI is InChI=1S/C15H24N2O4S.C10H16N2O2S.C5H7NO.2ClH/c1-15(2,3)21-14(19)17-12(7-9-22-4)13(18)16-10-11-6-5-8-20-11;1-15-6-4-9(11)10(13)12-7-8-3-2-5-14-8;6-4-5-2-1-3-7-5;;/h5-6,8,12H,7,9-10H2,1-4H3,(H,16,18)(H,17,19);2-3,5,9H,4,6-7,11H2,1H3,(H,12,13);1-3H,4,6H2;2*1H/t12-;9-;;;/m00.../s1. The molecule has 7 N–H and O–H groups in total. The molecule has 0 bridgehead atoms. The van der Waals surface area contributed by atoms with Gasteiger partial charge in [-0.3, -0.25) is 9.59 Å². The summed E-state index contributed by atoms with van der Waals surface area (Å²) >= 11 is 3.30. The third-order valence-electron chi connectivity index (χ3n) is 5.40. The van der Waals surface area contributed by atoms with Crippen molar-refractivity contribution in [2.45, 2.75) is 70.9 Å². The van der Waals surface area contributed by atoms with E-state index >= 15 is 0 Å². The Morgan fingerprint density at radius 3 is 1.65 bits per heavy atom. The molecular weight excluding hydrogens is 677 g/mol. The number of ether oxygens (including phenoxy) is 1. The predicted octanol–water partition coefficient (Wildman–Crippen LogP) is 5.10. The van der Waals surface area contributed by atoms with Crippen molar-refractivity contribution in [2.75, 3.05) is 24.0 Å². The maximum Gasteiger partial charge on any atom is 0.408 e. The normalized spacial score (nSPS) is 11.5. The highest BCUT2D eigenvalue weighted by Crippen LogP contribution is 2.09. The third-order valence-corrected chi connectivity index (χ3v) is 6.69. The minimum Gasteiger partial charge on any atom is -0.468 e. The molecule has 3 aromatic rings. The molecule has 0 unspecified atom stereocenters. The minimum absolute atomic E-state index is 0. The number of thioether (sulfide) groups is 2. The summed E-state index contributed by atoms with van der Waals surface area (Å²) in [6.45, 7) is 6.52. The number of nitrogens with one attached hydrogen (secondary N) is 3. The molecule has 0 saturated heterocycles. The fourth-order valence-corrected chi connectivity index (χ4v) is 4.15. The van der Waals surface area contributed by atoms with Gasteiger partial charge in [0.15, 0.2) is 0 Å². The number of alkyl carbamates (subject to hydrolysis) is 1. The summed E-state index contributed by atoms with van der Waals surface area (Å²) in [5.41, 5.74) is 10.3. The summed E-state index contributed by atoms with van der Waals surface area (Å²) < 4.78 is 20.3. The van der Waals surface area contributed by atoms with Gasteiger partial charge >= 0.3 is 6.09 Å². The van der Waals surface area contributed by atoms with Crippen LogP contribution in [-0.2, 0) is 34.0 Å². The molecule has 3 heterocycles. The van der Waals surface area contributed by atoms with E-state index in [0.29, 0.717) is 31.7 Å². The van der Waals surface area contributed by atoms with E-state index in [0.717, 1.165) is 23.0 Å². The SMILES string of the molecule is CSCC[C@H](N)C(=O)NCc1ccco1.CSCC[C@H](NC(=O)OC(C)(C)C)C(=O)NCc1ccco1.Cl.Cl.NCc1ccco1. The molecule has 12 nitrogen and oxygen atoms in total. The first-order valence-corrected chi connectivity index (χ1v) is 16.8. The number of rotatable bonds is 14. The molecule has 46 heavy (non-hydrogen) atoms. The molecule has 0 fully saturated rings. The van der Waals surface area contributed by atoms with E-state index in [1.165, 1.54) is 0 Å². The Balaban J connectivity index is 0. The molecule has 0 radical (unpaired) electrons. The number of nitrogens with two attached hydrogens (primary N) is 2. The van der Waals surface area contributed by atoms with Gasteiger partial charge in [0.1, 0.15) is 28.9 Å². The second kappa shape index (κ2) is 26.3. The van der Waals surface area contributed by atoms with E-state index < -0.39 is 23.8 Å². The van der Waals surface area contributed by atoms with Crippen molar-refractivity contribution < 1.29 is 32.4 Å². The summed E-state index contributed by atoms with van der Waals surface area (Å²) in [6.07, 6.45) is 9.32. The largest absolute Gasteiger partial charge is 0.468 e. The lowest BCUT2D eigenvalue weighted by atomic mass is 10.2. The lowest BCUT2D eigenvalue weighted by Crippen LogP contribution is -2.48. The van der Waals surface area contributed by atoms with Crippen molar-refractivity contribution >= 4 is 66.2 Å². The zero-order valence-electron chi connectivity index (χ0n) is 26.9. The van der Waals surface area contributed by atoms with Crippen LogP contribution in [0.25, 0.3) is 0 Å². The van der Waals surface area contributed by atoms with E-state index in [2.05, 4.69) is 16.0 Å². The maximum absolute atomic E-state index is 12.2. The predicted molar refractivity (Wildman–Crippen MR) is 189 cm³/mol. The quantitative estimate of drug-likeness (QED) is 0.149. The zero-order chi connectivity index (χ0) is 32.8. The van der Waals surface area contributed by atoms with Crippen LogP contribution in [0.1, 0.15) is 50.9 Å². The van der Waals surface area contributed by atoms with Gasteiger partial charge in [0, 0.05) is 0 Å². The lowest BCUT2D eigenvalue weighted by Gasteiger charge is -2.23. The lowest BCUT2D eigenvalue weighted by molar-refractivity contribution is -0.123. The van der Waals surface area contributed by atoms with Crippen LogP contribution in [0.3, 0.4) is 0 Å². The van der Waals surface area contributed by atoms with E-state index in [1.54, 1.807) is 81.3 Å². The summed E-state index contributed by atoms with van der Waals surface area (Å²) in [6, 6.07) is 9.75. The Morgan fingerprint density at radius 2 is 1.26 bits per heavy atom. The van der Waals surface area contributed by atoms with Crippen molar-refractivity contribution in [3.8, 4) is 0 Å². The Labute approximate surface area is 292 Å². The Kier molecular flexibility index (Phi) is 26.0. The van der Waals surface area contributed by atoms with Gasteiger partial charge in [0.25, 0.3) is 0 Å². The zero-order valence-corrected chi connectivity index (χ0v) is 30.2. The molecule has 2 atom stereocenters. The Hall–Kier alpha value is -2.75. The molecule has 3 aromatic heterocycles. The summed E-state index contributed by atoms with van der Waals surface area (Å²) in [4.78, 5) is 35.5. The highest BCUT2D eigenvalue weighted by atomic mass is 35.5. The van der Waals surface area contributed by atoms with E-state index in [-0.39, 0.29) is 43.2 Å². The second-order valence-electron chi connectivity index (χ2n) is 10.2. The van der Waals surface area contributed by atoms with Gasteiger partial charge < -0.3 is 45.4 Å². The van der Waals surface area contributed by atoms with Gasteiger partial charge in [0.05, 0.1) is 44.5 Å². The summed E-state index contributed by atoms with van der Waals surface area (Å²) in [7, 11) is 0. The molecule has 16 heteroatoms. The van der Waals surface area contributed by atoms with E-state index in [4.69, 9.17) is 29.5 Å². The maximum atomic E-state index is 12.2. The van der Waals surface area contributed by atoms with Crippen molar-refractivity contribution in [3.05, 3.63) is 72.5 Å². The highest BCUT2D eigenvalue weighted by Gasteiger charge is 2.24. The monoisotopic (exact) mass is 725 g/mol. The van der Waals surface area contributed by atoms with Crippen molar-refractivity contribution in [3.63, 3.8) is 0 Å². The number of halogens is 2. The Morgan fingerprint density at radius 1 is 0.804 bits per heavy atom. The van der Waals surface area contributed by atoms with Gasteiger partial charge in [0.2, 0.25) is 11.8 Å². The van der Waals surface area contributed by atoms with Crippen LogP contribution >= 0.6 is 48.3 Å². The van der Waals surface area contributed by atoms with Gasteiger partial charge in [-0.15, -0.1) is 24.8 Å². The first-order chi connectivity index (χ1) is 21.0. The van der Waals surface area contributed by atoms with Crippen molar-refractivity contribution in [2.24, 2.45) is 11.5 Å². The topological polar surface area (TPSA) is 188 Å². The first-order valence-electron chi connectivity index (χ1n) is 14.0. The smallest absolute Gasteiger partial charge is 0.408 e. The Bertz CT molecular complexity index is 1160. The molecule has 0 saturated carbocycles. The number of carbonyl (C=O) groups is 3. The summed E-state index contributed by atoms with van der Waals surface area (Å²) in [5.74, 6) is 3.51. The van der Waals surface area contributed by atoms with Gasteiger partial charge in [-0.1, -0.05) is 0 Å². The molecule has 0 aromatic carbocycles. The van der Waals surface area contributed by atoms with Gasteiger partial charge in [-0.2, -0.15) is 23.5 Å². The molecular formula is C30H49Cl2N5O7S2. The number of hydrogen-bond acceptors (Lipinski definition) is 11. The molecule has 0 spiro atoms. The summed E-state index contributed by atoms with van der Waals surface area (Å²) in [5, 5.41) is 8.10. The van der Waals surface area contributed by atoms with Gasteiger partial charge in [-0.05, 0) is 94.0 Å². The van der Waals surface area contributed by atoms with E-state index in [1.807, 2.05) is 30.7 Å². The van der Waals surface area contributed by atoms with E-state index in [9.17, 15) is 14.4 Å². The number of carbonyl (C=O) groups excluding carboxylic acids is 3. The molecule has 3 rings (SSSR count). The molecule has 0 aliphatic carbocycles. The van der Waals surface area contributed by atoms with Gasteiger partial charge in [-0.25, -0.2) is 4.79 Å². The van der Waals surface area contributed by atoms with Crippen molar-refractivity contribution in [1.29, 1.82) is 0 Å². The number of furan rings is 3. The van der Waals surface area contributed by atoms with Crippen LogP contribution in [0.15, 0.2) is 68.4 Å². The minimum atomic E-state index is -0.628. The van der Waals surface area contributed by atoms with Crippen LogP contribution in [0, 0.1) is 0 Å². The average molecular weight is 727 g/mol. The van der Waals surface area contributed by atoms with Crippen LogP contribution < -0.4 is 27.4 Å². The fourth-order valence-electron chi connectivity index (χ4n) is 3.19. The third kappa shape index (κ3) is 21.9. The fraction of sp³-hybridized carbons (Fsp3) is 0.500. The van der Waals surface area contributed by atoms with Crippen LogP contribution in [0.5, 0.6) is 0 Å². The van der Waals surface area contributed by atoms with Crippen LogP contribution in [-0.4, -0.2) is 59.6 Å². The molecule has 0 aliphatic rings. The second-order valence-corrected chi connectivity index (χ2v) is 12.2. The van der Waals surface area contributed by atoms with Crippen molar-refractivity contribution in [1.82, 2.24) is 16.0 Å². The first kappa shape index (κ1) is 45.4.